The second-order valence-corrected chi connectivity index (χ2v) is 5.52. The summed E-state index contributed by atoms with van der Waals surface area (Å²) in [5.74, 6) is -1.52. The van der Waals surface area contributed by atoms with Gasteiger partial charge in [-0.3, -0.25) is 19.3 Å². The van der Waals surface area contributed by atoms with Crippen LogP contribution in [0.4, 0.5) is 5.69 Å². The van der Waals surface area contributed by atoms with Gasteiger partial charge >= 0.3 is 0 Å². The maximum absolute atomic E-state index is 11.9. The predicted octanol–water partition coefficient (Wildman–Crippen LogP) is 1.50. The Morgan fingerprint density at radius 3 is 2.68 bits per heavy atom. The van der Waals surface area contributed by atoms with Gasteiger partial charge in [0.05, 0.1) is 11.3 Å². The highest BCUT2D eigenvalue weighted by Crippen LogP contribution is 2.30. The van der Waals surface area contributed by atoms with E-state index in [1.807, 2.05) is 13.8 Å². The van der Waals surface area contributed by atoms with Crippen molar-refractivity contribution in [3.63, 3.8) is 0 Å². The van der Waals surface area contributed by atoms with Crippen molar-refractivity contribution in [3.8, 4) is 0 Å². The van der Waals surface area contributed by atoms with Gasteiger partial charge in [-0.05, 0) is 32.0 Å². The molecule has 0 aliphatic carbocycles. The number of nitrogens with zero attached hydrogens (tertiary/aromatic N) is 1. The molecule has 2 rings (SSSR count). The molecule has 1 heterocycles. The Morgan fingerprint density at radius 1 is 1.37 bits per heavy atom. The van der Waals surface area contributed by atoms with Crippen LogP contribution in [0.3, 0.4) is 0 Å². The maximum atomic E-state index is 11.9. The largest absolute Gasteiger partial charge is 0.352 e. The monoisotopic (exact) mass is 324 g/mol. The highest BCUT2D eigenvalue weighted by molar-refractivity contribution is 9.10. The summed E-state index contributed by atoms with van der Waals surface area (Å²) in [4.78, 5) is 36.6. The predicted molar refractivity (Wildman–Crippen MR) is 74.1 cm³/mol. The van der Waals surface area contributed by atoms with E-state index in [1.54, 1.807) is 18.2 Å². The minimum Gasteiger partial charge on any atom is -0.352 e. The summed E-state index contributed by atoms with van der Waals surface area (Å²) in [6.07, 6.45) is 0. The van der Waals surface area contributed by atoms with E-state index < -0.39 is 11.7 Å². The number of fused-ring (bicyclic) bond motifs is 1. The first-order valence-corrected chi connectivity index (χ1v) is 6.64. The van der Waals surface area contributed by atoms with Crippen LogP contribution in [0.1, 0.15) is 24.2 Å². The lowest BCUT2D eigenvalue weighted by Gasteiger charge is -2.17. The average Bonchev–Trinajstić information content (AvgIpc) is 2.53. The number of Topliss-reactive ketones (excluding diaryl/α,β-unsaturated/α-hetero) is 1. The average molecular weight is 325 g/mol. The van der Waals surface area contributed by atoms with Crippen molar-refractivity contribution in [1.82, 2.24) is 5.32 Å². The van der Waals surface area contributed by atoms with Crippen LogP contribution in [0.5, 0.6) is 0 Å². The molecule has 1 aliphatic heterocycles. The zero-order valence-electron chi connectivity index (χ0n) is 10.6. The Balaban J connectivity index is 2.26. The van der Waals surface area contributed by atoms with E-state index in [0.29, 0.717) is 11.3 Å². The van der Waals surface area contributed by atoms with Crippen molar-refractivity contribution in [3.05, 3.63) is 28.2 Å². The first-order chi connectivity index (χ1) is 8.90. The lowest BCUT2D eigenvalue weighted by atomic mass is 10.1. The molecule has 0 aromatic heterocycles. The SMILES string of the molecule is CC(C)NC(=O)CN1C(=O)C(=O)c2cc(Br)ccc21. The number of amides is 2. The first-order valence-electron chi connectivity index (χ1n) is 5.85. The molecule has 2 amide bonds. The van der Waals surface area contributed by atoms with Crippen LogP contribution in [-0.2, 0) is 9.59 Å². The number of halogens is 1. The van der Waals surface area contributed by atoms with Gasteiger partial charge in [-0.15, -0.1) is 0 Å². The van der Waals surface area contributed by atoms with Crippen molar-refractivity contribution in [1.29, 1.82) is 0 Å². The van der Waals surface area contributed by atoms with Crippen molar-refractivity contribution < 1.29 is 14.4 Å². The molecule has 19 heavy (non-hydrogen) atoms. The van der Waals surface area contributed by atoms with Crippen LogP contribution in [0.15, 0.2) is 22.7 Å². The van der Waals surface area contributed by atoms with Gasteiger partial charge in [-0.25, -0.2) is 0 Å². The Hall–Kier alpha value is -1.69. The molecule has 0 radical (unpaired) electrons. The van der Waals surface area contributed by atoms with E-state index in [0.717, 1.165) is 4.47 Å². The summed E-state index contributed by atoms with van der Waals surface area (Å²) in [6, 6.07) is 4.98. The Morgan fingerprint density at radius 2 is 2.05 bits per heavy atom. The summed E-state index contributed by atoms with van der Waals surface area (Å²) in [5.41, 5.74) is 0.814. The molecule has 1 aliphatic rings. The molecule has 5 nitrogen and oxygen atoms in total. The van der Waals surface area contributed by atoms with Crippen molar-refractivity contribution in [2.45, 2.75) is 19.9 Å². The third-order valence-electron chi connectivity index (χ3n) is 2.68. The third kappa shape index (κ3) is 2.68. The zero-order valence-corrected chi connectivity index (χ0v) is 12.2. The number of hydrogen-bond donors (Lipinski definition) is 1. The lowest BCUT2D eigenvalue weighted by Crippen LogP contribution is -2.42. The standard InChI is InChI=1S/C13H13BrN2O3/c1-7(2)15-11(17)6-16-10-4-3-8(14)5-9(10)12(18)13(16)19/h3-5,7H,6H2,1-2H3,(H,15,17). The molecule has 0 saturated heterocycles. The zero-order chi connectivity index (χ0) is 14.2. The summed E-state index contributed by atoms with van der Waals surface area (Å²) in [5, 5.41) is 2.69. The second kappa shape index (κ2) is 5.13. The number of carbonyl (C=O) groups is 3. The fourth-order valence-electron chi connectivity index (χ4n) is 1.94. The summed E-state index contributed by atoms with van der Waals surface area (Å²) >= 11 is 3.25. The highest BCUT2D eigenvalue weighted by Gasteiger charge is 2.36. The van der Waals surface area contributed by atoms with E-state index in [-0.39, 0.29) is 18.5 Å². The van der Waals surface area contributed by atoms with Gasteiger partial charge in [0.25, 0.3) is 11.7 Å². The van der Waals surface area contributed by atoms with Gasteiger partial charge in [0.2, 0.25) is 5.91 Å². The lowest BCUT2D eigenvalue weighted by molar-refractivity contribution is -0.122. The molecule has 100 valence electrons. The van der Waals surface area contributed by atoms with Crippen LogP contribution in [0.25, 0.3) is 0 Å². The van der Waals surface area contributed by atoms with Crippen molar-refractivity contribution in [2.24, 2.45) is 0 Å². The van der Waals surface area contributed by atoms with E-state index >= 15 is 0 Å². The Kier molecular flexibility index (Phi) is 3.71. The summed E-state index contributed by atoms with van der Waals surface area (Å²) in [7, 11) is 0. The van der Waals surface area contributed by atoms with Gasteiger partial charge in [0.15, 0.2) is 0 Å². The van der Waals surface area contributed by atoms with E-state index in [4.69, 9.17) is 0 Å². The van der Waals surface area contributed by atoms with Crippen LogP contribution in [-0.4, -0.2) is 30.2 Å². The van der Waals surface area contributed by atoms with Crippen molar-refractivity contribution >= 4 is 39.2 Å². The molecule has 1 aromatic carbocycles. The molecule has 1 aromatic rings. The van der Waals surface area contributed by atoms with Gasteiger partial charge in [-0.2, -0.15) is 0 Å². The molecule has 0 unspecified atom stereocenters. The number of anilines is 1. The molecule has 0 bridgehead atoms. The topological polar surface area (TPSA) is 66.5 Å². The summed E-state index contributed by atoms with van der Waals surface area (Å²) in [6.45, 7) is 3.53. The van der Waals surface area contributed by atoms with Crippen LogP contribution in [0.2, 0.25) is 0 Å². The highest BCUT2D eigenvalue weighted by atomic mass is 79.9. The quantitative estimate of drug-likeness (QED) is 0.857. The van der Waals surface area contributed by atoms with Crippen molar-refractivity contribution in [2.75, 3.05) is 11.4 Å². The molecule has 0 spiro atoms. The molecule has 0 fully saturated rings. The Labute approximate surface area is 119 Å². The second-order valence-electron chi connectivity index (χ2n) is 4.60. The molecule has 0 atom stereocenters. The normalized spacial score (nSPS) is 14.0. The molecular weight excluding hydrogens is 312 g/mol. The fourth-order valence-corrected chi connectivity index (χ4v) is 2.30. The molecule has 1 N–H and O–H groups in total. The van der Waals surface area contributed by atoms with E-state index in [9.17, 15) is 14.4 Å². The third-order valence-corrected chi connectivity index (χ3v) is 3.18. The van der Waals surface area contributed by atoms with Crippen LogP contribution >= 0.6 is 15.9 Å². The van der Waals surface area contributed by atoms with Gasteiger partial charge in [0.1, 0.15) is 6.54 Å². The summed E-state index contributed by atoms with van der Waals surface area (Å²) < 4.78 is 0.723. The fraction of sp³-hybridized carbons (Fsp3) is 0.308. The van der Waals surface area contributed by atoms with Gasteiger partial charge in [0, 0.05) is 10.5 Å². The van der Waals surface area contributed by atoms with E-state index in [1.165, 1.54) is 4.90 Å². The minimum atomic E-state index is -0.660. The van der Waals surface area contributed by atoms with Crippen LogP contribution in [0, 0.1) is 0 Å². The minimum absolute atomic E-state index is 0.00899. The first kappa shape index (κ1) is 13.7. The Bertz CT molecular complexity index is 569. The molecule has 6 heteroatoms. The van der Waals surface area contributed by atoms with Crippen LogP contribution < -0.4 is 10.2 Å². The number of carbonyl (C=O) groups excluding carboxylic acids is 3. The number of rotatable bonds is 3. The molecular formula is C13H13BrN2O3. The number of benzene rings is 1. The van der Waals surface area contributed by atoms with Gasteiger partial charge < -0.3 is 5.32 Å². The van der Waals surface area contributed by atoms with Gasteiger partial charge in [-0.1, -0.05) is 15.9 Å². The number of hydrogen-bond acceptors (Lipinski definition) is 3. The smallest absolute Gasteiger partial charge is 0.299 e. The van der Waals surface area contributed by atoms with E-state index in [2.05, 4.69) is 21.2 Å². The molecule has 0 saturated carbocycles. The number of nitrogens with one attached hydrogen (secondary N) is 1. The number of ketones is 1. The maximum Gasteiger partial charge on any atom is 0.299 e.